The summed E-state index contributed by atoms with van der Waals surface area (Å²) >= 11 is 6.01. The summed E-state index contributed by atoms with van der Waals surface area (Å²) in [4.78, 5) is 24.6. The van der Waals surface area contributed by atoms with Gasteiger partial charge in [-0.25, -0.2) is 0 Å². The molecule has 1 aliphatic rings. The van der Waals surface area contributed by atoms with Gasteiger partial charge >= 0.3 is 0 Å². The molecule has 1 heterocycles. The second-order valence-electron chi connectivity index (χ2n) is 6.85. The predicted molar refractivity (Wildman–Crippen MR) is 107 cm³/mol. The average molecular weight is 403 g/mol. The highest BCUT2D eigenvalue weighted by Gasteiger charge is 2.22. The van der Waals surface area contributed by atoms with Crippen LogP contribution in [0, 0.1) is 5.92 Å². The SMILES string of the molecule is CC(C)C(NC(=O)CNC(=O)c1ccccc1Cl)c1ccc2c(c1)OCCO2. The Morgan fingerprint density at radius 2 is 1.79 bits per heavy atom. The lowest BCUT2D eigenvalue weighted by Gasteiger charge is -2.25. The Labute approximate surface area is 169 Å². The molecule has 1 unspecified atom stereocenters. The minimum Gasteiger partial charge on any atom is -0.486 e. The molecule has 6 nitrogen and oxygen atoms in total. The van der Waals surface area contributed by atoms with Gasteiger partial charge in [0.05, 0.1) is 23.2 Å². The molecule has 0 saturated heterocycles. The largest absolute Gasteiger partial charge is 0.486 e. The first-order chi connectivity index (χ1) is 13.5. The number of ether oxygens (including phenoxy) is 2. The first kappa shape index (κ1) is 20.0. The number of carbonyl (C=O) groups is 2. The van der Waals surface area contributed by atoms with Gasteiger partial charge < -0.3 is 20.1 Å². The quantitative estimate of drug-likeness (QED) is 0.776. The second-order valence-corrected chi connectivity index (χ2v) is 7.26. The number of hydrogen-bond acceptors (Lipinski definition) is 4. The van der Waals surface area contributed by atoms with Gasteiger partial charge in [0.15, 0.2) is 11.5 Å². The molecule has 0 aromatic heterocycles. The van der Waals surface area contributed by atoms with Crippen molar-refractivity contribution in [2.24, 2.45) is 5.92 Å². The molecule has 1 aliphatic heterocycles. The monoisotopic (exact) mass is 402 g/mol. The minimum atomic E-state index is -0.388. The lowest BCUT2D eigenvalue weighted by atomic mass is 9.95. The van der Waals surface area contributed by atoms with E-state index in [9.17, 15) is 9.59 Å². The second kappa shape index (κ2) is 8.97. The van der Waals surface area contributed by atoms with Crippen LogP contribution in [0.4, 0.5) is 0 Å². The first-order valence-electron chi connectivity index (χ1n) is 9.17. The van der Waals surface area contributed by atoms with Crippen LogP contribution in [0.2, 0.25) is 5.02 Å². The van der Waals surface area contributed by atoms with Crippen LogP contribution in [0.1, 0.15) is 35.8 Å². The summed E-state index contributed by atoms with van der Waals surface area (Å²) in [7, 11) is 0. The van der Waals surface area contributed by atoms with E-state index in [0.29, 0.717) is 35.3 Å². The van der Waals surface area contributed by atoms with Crippen molar-refractivity contribution < 1.29 is 19.1 Å². The molecule has 28 heavy (non-hydrogen) atoms. The Morgan fingerprint density at radius 1 is 1.07 bits per heavy atom. The lowest BCUT2D eigenvalue weighted by molar-refractivity contribution is -0.121. The van der Waals surface area contributed by atoms with Crippen molar-refractivity contribution in [3.05, 3.63) is 58.6 Å². The minimum absolute atomic E-state index is 0.141. The summed E-state index contributed by atoms with van der Waals surface area (Å²) in [5, 5.41) is 5.93. The smallest absolute Gasteiger partial charge is 0.253 e. The standard InChI is InChI=1S/C21H23ClN2O4/c1-13(2)20(14-7-8-17-18(11-14)28-10-9-27-17)24-19(25)12-23-21(26)15-5-3-4-6-16(15)22/h3-8,11,13,20H,9-10,12H2,1-2H3,(H,23,26)(H,24,25). The predicted octanol–water partition coefficient (Wildman–Crippen LogP) is 3.35. The van der Waals surface area contributed by atoms with E-state index in [1.54, 1.807) is 24.3 Å². The van der Waals surface area contributed by atoms with Gasteiger partial charge in [-0.15, -0.1) is 0 Å². The highest BCUT2D eigenvalue weighted by atomic mass is 35.5. The molecule has 0 fully saturated rings. The van der Waals surface area contributed by atoms with Crippen molar-refractivity contribution in [1.82, 2.24) is 10.6 Å². The maximum atomic E-state index is 12.4. The highest BCUT2D eigenvalue weighted by molar-refractivity contribution is 6.33. The van der Waals surface area contributed by atoms with Crippen LogP contribution in [0.3, 0.4) is 0 Å². The van der Waals surface area contributed by atoms with Gasteiger partial charge in [0.2, 0.25) is 5.91 Å². The third kappa shape index (κ3) is 4.75. The molecule has 148 valence electrons. The molecule has 2 aromatic carbocycles. The Bertz CT molecular complexity index is 869. The Kier molecular flexibility index (Phi) is 6.41. The Balaban J connectivity index is 1.63. The van der Waals surface area contributed by atoms with E-state index in [1.807, 2.05) is 32.0 Å². The number of fused-ring (bicyclic) bond motifs is 1. The van der Waals surface area contributed by atoms with E-state index in [2.05, 4.69) is 10.6 Å². The highest BCUT2D eigenvalue weighted by Crippen LogP contribution is 2.34. The van der Waals surface area contributed by atoms with Gasteiger partial charge in [0.1, 0.15) is 13.2 Å². The number of rotatable bonds is 6. The number of hydrogen-bond donors (Lipinski definition) is 2. The van der Waals surface area contributed by atoms with Gasteiger partial charge in [0.25, 0.3) is 5.91 Å². The summed E-state index contributed by atoms with van der Waals surface area (Å²) in [6.07, 6.45) is 0. The van der Waals surface area contributed by atoms with E-state index < -0.39 is 0 Å². The molecule has 1 atom stereocenters. The van der Waals surface area contributed by atoms with Crippen LogP contribution in [0.25, 0.3) is 0 Å². The molecular weight excluding hydrogens is 380 g/mol. The zero-order valence-electron chi connectivity index (χ0n) is 15.8. The van der Waals surface area contributed by atoms with Gasteiger partial charge in [0, 0.05) is 0 Å². The number of carbonyl (C=O) groups excluding carboxylic acids is 2. The van der Waals surface area contributed by atoms with Crippen LogP contribution < -0.4 is 20.1 Å². The lowest BCUT2D eigenvalue weighted by Crippen LogP contribution is -2.40. The van der Waals surface area contributed by atoms with E-state index in [4.69, 9.17) is 21.1 Å². The van der Waals surface area contributed by atoms with Gasteiger partial charge in [-0.3, -0.25) is 9.59 Å². The molecule has 0 aliphatic carbocycles. The van der Waals surface area contributed by atoms with E-state index in [0.717, 1.165) is 5.56 Å². The maximum Gasteiger partial charge on any atom is 0.253 e. The van der Waals surface area contributed by atoms with Crippen molar-refractivity contribution in [1.29, 1.82) is 0 Å². The van der Waals surface area contributed by atoms with Crippen LogP contribution in [0.15, 0.2) is 42.5 Å². The third-order valence-electron chi connectivity index (χ3n) is 4.44. The summed E-state index contributed by atoms with van der Waals surface area (Å²) in [5.41, 5.74) is 1.26. The fraction of sp³-hybridized carbons (Fsp3) is 0.333. The van der Waals surface area contributed by atoms with Crippen LogP contribution in [-0.2, 0) is 4.79 Å². The van der Waals surface area contributed by atoms with Crippen molar-refractivity contribution in [3.63, 3.8) is 0 Å². The summed E-state index contributed by atoms with van der Waals surface area (Å²) in [6.45, 7) is 4.93. The maximum absolute atomic E-state index is 12.4. The first-order valence-corrected chi connectivity index (χ1v) is 9.55. The van der Waals surface area contributed by atoms with E-state index >= 15 is 0 Å². The van der Waals surface area contributed by atoms with Crippen molar-refractivity contribution in [3.8, 4) is 11.5 Å². The van der Waals surface area contributed by atoms with Crippen LogP contribution >= 0.6 is 11.6 Å². The molecule has 2 aromatic rings. The normalized spacial score (nSPS) is 13.7. The molecule has 0 saturated carbocycles. The number of nitrogens with one attached hydrogen (secondary N) is 2. The fourth-order valence-corrected chi connectivity index (χ4v) is 3.24. The molecular formula is C21H23ClN2O4. The third-order valence-corrected chi connectivity index (χ3v) is 4.77. The van der Waals surface area contributed by atoms with E-state index in [1.165, 1.54) is 0 Å². The van der Waals surface area contributed by atoms with Crippen LogP contribution in [0.5, 0.6) is 11.5 Å². The van der Waals surface area contributed by atoms with Gasteiger partial charge in [-0.05, 0) is 35.7 Å². The average Bonchev–Trinajstić information content (AvgIpc) is 2.70. The van der Waals surface area contributed by atoms with Crippen molar-refractivity contribution in [2.45, 2.75) is 19.9 Å². The number of amides is 2. The Hall–Kier alpha value is -2.73. The molecule has 2 N–H and O–H groups in total. The zero-order chi connectivity index (χ0) is 20.1. The number of halogens is 1. The summed E-state index contributed by atoms with van der Waals surface area (Å²) in [5.74, 6) is 0.854. The summed E-state index contributed by atoms with van der Waals surface area (Å²) < 4.78 is 11.2. The molecule has 7 heteroatoms. The molecule has 2 amide bonds. The zero-order valence-corrected chi connectivity index (χ0v) is 16.6. The van der Waals surface area contributed by atoms with Crippen molar-refractivity contribution in [2.75, 3.05) is 19.8 Å². The Morgan fingerprint density at radius 3 is 2.50 bits per heavy atom. The van der Waals surface area contributed by atoms with Crippen LogP contribution in [-0.4, -0.2) is 31.6 Å². The van der Waals surface area contributed by atoms with Gasteiger partial charge in [-0.1, -0.05) is 43.6 Å². The van der Waals surface area contributed by atoms with Gasteiger partial charge in [-0.2, -0.15) is 0 Å². The number of benzene rings is 2. The molecule has 0 radical (unpaired) electrons. The summed E-state index contributed by atoms with van der Waals surface area (Å²) in [6, 6.07) is 12.1. The fourth-order valence-electron chi connectivity index (χ4n) is 3.01. The molecule has 0 spiro atoms. The van der Waals surface area contributed by atoms with E-state index in [-0.39, 0.29) is 30.3 Å². The molecule has 3 rings (SSSR count). The van der Waals surface area contributed by atoms with Crippen molar-refractivity contribution >= 4 is 23.4 Å². The topological polar surface area (TPSA) is 76.7 Å². The molecule has 0 bridgehead atoms.